The van der Waals surface area contributed by atoms with Gasteiger partial charge in [-0.1, -0.05) is 13.8 Å². The van der Waals surface area contributed by atoms with Gasteiger partial charge in [-0.05, 0) is 44.0 Å². The summed E-state index contributed by atoms with van der Waals surface area (Å²) >= 11 is 0. The van der Waals surface area contributed by atoms with Crippen LogP contribution in [-0.4, -0.2) is 72.1 Å². The van der Waals surface area contributed by atoms with Crippen LogP contribution in [0.1, 0.15) is 47.2 Å². The van der Waals surface area contributed by atoms with Crippen molar-refractivity contribution in [1.29, 1.82) is 0 Å². The Labute approximate surface area is 183 Å². The predicted molar refractivity (Wildman–Crippen MR) is 118 cm³/mol. The molecule has 1 atom stereocenters. The highest BCUT2D eigenvalue weighted by Crippen LogP contribution is 2.17. The fraction of sp³-hybridized carbons (Fsp3) is 0.522. The summed E-state index contributed by atoms with van der Waals surface area (Å²) in [6.45, 7) is 12.1. The molecule has 1 aromatic heterocycles. The van der Waals surface area contributed by atoms with Gasteiger partial charge in [-0.2, -0.15) is 5.10 Å². The van der Waals surface area contributed by atoms with E-state index >= 15 is 0 Å². The van der Waals surface area contributed by atoms with Crippen molar-refractivity contribution in [1.82, 2.24) is 20.0 Å². The molecular weight excluding hydrogens is 396 g/mol. The molecular formula is C23H32N4O4. The Morgan fingerprint density at radius 2 is 1.87 bits per heavy atom. The summed E-state index contributed by atoms with van der Waals surface area (Å²) in [5.74, 6) is -0.0609. The monoisotopic (exact) mass is 428 g/mol. The molecule has 1 amide bonds. The van der Waals surface area contributed by atoms with Crippen molar-refractivity contribution < 1.29 is 19.1 Å². The number of rotatable bonds is 8. The lowest BCUT2D eigenvalue weighted by molar-refractivity contribution is 0.00672. The highest BCUT2D eigenvalue weighted by Gasteiger charge is 2.24. The minimum absolute atomic E-state index is 0.102. The van der Waals surface area contributed by atoms with E-state index in [1.165, 1.54) is 6.20 Å². The van der Waals surface area contributed by atoms with Crippen molar-refractivity contribution in [3.63, 3.8) is 0 Å². The SMILES string of the molecule is CCOC(=O)c1cnn(-c2ccc(C(=O)NCC(C(C)C)N3CCOCC3)cc2)c1C. The van der Waals surface area contributed by atoms with Gasteiger partial charge in [0.05, 0.1) is 37.4 Å². The van der Waals surface area contributed by atoms with Crippen LogP contribution in [0.4, 0.5) is 0 Å². The van der Waals surface area contributed by atoms with Gasteiger partial charge in [0.25, 0.3) is 5.91 Å². The number of ether oxygens (including phenoxy) is 2. The largest absolute Gasteiger partial charge is 0.462 e. The van der Waals surface area contributed by atoms with Crippen LogP contribution in [0, 0.1) is 12.8 Å². The zero-order valence-corrected chi connectivity index (χ0v) is 18.8. The van der Waals surface area contributed by atoms with Crippen LogP contribution in [-0.2, 0) is 9.47 Å². The summed E-state index contributed by atoms with van der Waals surface area (Å²) in [6.07, 6.45) is 1.51. The van der Waals surface area contributed by atoms with Crippen molar-refractivity contribution in [2.24, 2.45) is 5.92 Å². The quantitative estimate of drug-likeness (QED) is 0.650. The van der Waals surface area contributed by atoms with Crippen molar-refractivity contribution in [3.8, 4) is 5.69 Å². The Morgan fingerprint density at radius 3 is 2.48 bits per heavy atom. The maximum atomic E-state index is 12.7. The second-order valence-corrected chi connectivity index (χ2v) is 7.99. The Morgan fingerprint density at radius 1 is 1.19 bits per heavy atom. The van der Waals surface area contributed by atoms with Gasteiger partial charge in [0.15, 0.2) is 0 Å². The summed E-state index contributed by atoms with van der Waals surface area (Å²) < 4.78 is 12.2. The van der Waals surface area contributed by atoms with E-state index < -0.39 is 0 Å². The minimum Gasteiger partial charge on any atom is -0.462 e. The lowest BCUT2D eigenvalue weighted by Crippen LogP contribution is -2.51. The smallest absolute Gasteiger partial charge is 0.341 e. The van der Waals surface area contributed by atoms with Gasteiger partial charge < -0.3 is 14.8 Å². The second-order valence-electron chi connectivity index (χ2n) is 7.99. The van der Waals surface area contributed by atoms with Gasteiger partial charge in [-0.3, -0.25) is 9.69 Å². The molecule has 1 fully saturated rings. The van der Waals surface area contributed by atoms with Gasteiger partial charge in [-0.25, -0.2) is 9.48 Å². The number of morpholine rings is 1. The topological polar surface area (TPSA) is 85.7 Å². The van der Waals surface area contributed by atoms with Crippen molar-refractivity contribution in [2.45, 2.75) is 33.7 Å². The van der Waals surface area contributed by atoms with E-state index in [0.717, 1.165) is 32.0 Å². The van der Waals surface area contributed by atoms with Gasteiger partial charge >= 0.3 is 5.97 Å². The van der Waals surface area contributed by atoms with Crippen molar-refractivity contribution >= 4 is 11.9 Å². The fourth-order valence-corrected chi connectivity index (χ4v) is 3.83. The van der Waals surface area contributed by atoms with Crippen LogP contribution in [0.5, 0.6) is 0 Å². The average Bonchev–Trinajstić information content (AvgIpc) is 3.16. The Hall–Kier alpha value is -2.71. The molecule has 0 bridgehead atoms. The van der Waals surface area contributed by atoms with Crippen LogP contribution in [0.15, 0.2) is 30.5 Å². The number of esters is 1. The maximum absolute atomic E-state index is 12.7. The van der Waals surface area contributed by atoms with E-state index in [0.29, 0.717) is 35.9 Å². The van der Waals surface area contributed by atoms with Crippen LogP contribution in [0.3, 0.4) is 0 Å². The number of hydrogen-bond acceptors (Lipinski definition) is 6. The molecule has 1 aliphatic heterocycles. The standard InChI is InChI=1S/C23H32N4O4/c1-5-31-23(29)20-14-25-27(17(20)4)19-8-6-18(7-9-19)22(28)24-15-21(16(2)3)26-10-12-30-13-11-26/h6-9,14,16,21H,5,10-13,15H2,1-4H3,(H,24,28). The Balaban J connectivity index is 1.64. The van der Waals surface area contributed by atoms with Crippen molar-refractivity contribution in [3.05, 3.63) is 47.3 Å². The zero-order valence-electron chi connectivity index (χ0n) is 18.8. The highest BCUT2D eigenvalue weighted by atomic mass is 16.5. The van der Waals surface area contributed by atoms with E-state index in [1.807, 2.05) is 19.1 Å². The summed E-state index contributed by atoms with van der Waals surface area (Å²) in [5.41, 5.74) is 2.49. The number of benzene rings is 1. The van der Waals surface area contributed by atoms with Crippen molar-refractivity contribution in [2.75, 3.05) is 39.5 Å². The third-order valence-corrected chi connectivity index (χ3v) is 5.64. The number of nitrogens with one attached hydrogen (secondary N) is 1. The Kier molecular flexibility index (Phi) is 7.81. The zero-order chi connectivity index (χ0) is 22.4. The minimum atomic E-state index is -0.387. The number of carbonyl (C=O) groups is 2. The van der Waals surface area contributed by atoms with Gasteiger partial charge in [-0.15, -0.1) is 0 Å². The summed E-state index contributed by atoms with van der Waals surface area (Å²) in [6, 6.07) is 7.47. The molecule has 31 heavy (non-hydrogen) atoms. The molecule has 168 valence electrons. The molecule has 1 N–H and O–H groups in total. The fourth-order valence-electron chi connectivity index (χ4n) is 3.83. The molecule has 1 aliphatic rings. The third-order valence-electron chi connectivity index (χ3n) is 5.64. The van der Waals surface area contributed by atoms with Crippen LogP contribution >= 0.6 is 0 Å². The molecule has 0 saturated carbocycles. The number of carbonyl (C=O) groups excluding carboxylic acids is 2. The molecule has 8 nitrogen and oxygen atoms in total. The van der Waals surface area contributed by atoms with E-state index in [9.17, 15) is 9.59 Å². The first-order chi connectivity index (χ1) is 14.9. The second kappa shape index (κ2) is 10.5. The molecule has 1 unspecified atom stereocenters. The first-order valence-electron chi connectivity index (χ1n) is 10.8. The molecule has 1 aromatic carbocycles. The lowest BCUT2D eigenvalue weighted by Gasteiger charge is -2.36. The average molecular weight is 429 g/mol. The normalized spacial score (nSPS) is 15.6. The van der Waals surface area contributed by atoms with Gasteiger partial charge in [0.1, 0.15) is 5.56 Å². The van der Waals surface area contributed by atoms with E-state index in [-0.39, 0.29) is 17.9 Å². The molecule has 0 aliphatic carbocycles. The first-order valence-corrected chi connectivity index (χ1v) is 10.8. The molecule has 2 aromatic rings. The molecule has 2 heterocycles. The van der Waals surface area contributed by atoms with Gasteiger partial charge in [0, 0.05) is 31.2 Å². The molecule has 3 rings (SSSR count). The highest BCUT2D eigenvalue weighted by molar-refractivity contribution is 5.94. The number of hydrogen-bond donors (Lipinski definition) is 1. The van der Waals surface area contributed by atoms with E-state index in [4.69, 9.17) is 9.47 Å². The van der Waals surface area contributed by atoms with E-state index in [1.54, 1.807) is 23.7 Å². The summed E-state index contributed by atoms with van der Waals surface area (Å²) in [4.78, 5) is 27.1. The van der Waals surface area contributed by atoms with Gasteiger partial charge in [0.2, 0.25) is 0 Å². The number of amides is 1. The molecule has 1 saturated heterocycles. The number of nitrogens with zero attached hydrogens (tertiary/aromatic N) is 3. The van der Waals surface area contributed by atoms with Crippen LogP contribution < -0.4 is 5.32 Å². The summed E-state index contributed by atoms with van der Waals surface area (Å²) in [7, 11) is 0. The number of aromatic nitrogens is 2. The molecule has 0 spiro atoms. The van der Waals surface area contributed by atoms with Crippen LogP contribution in [0.25, 0.3) is 5.69 Å². The molecule has 0 radical (unpaired) electrons. The Bertz CT molecular complexity index is 885. The third kappa shape index (κ3) is 5.51. The maximum Gasteiger partial charge on any atom is 0.341 e. The summed E-state index contributed by atoms with van der Waals surface area (Å²) in [5, 5.41) is 7.37. The van der Waals surface area contributed by atoms with E-state index in [2.05, 4.69) is 29.2 Å². The lowest BCUT2D eigenvalue weighted by atomic mass is 10.0. The predicted octanol–water partition coefficient (Wildman–Crippen LogP) is 2.44. The molecule has 8 heteroatoms. The first kappa shape index (κ1) is 23.0. The van der Waals surface area contributed by atoms with Crippen LogP contribution in [0.2, 0.25) is 0 Å².